The Kier molecular flexibility index (Phi) is 6.44. The Hall–Kier alpha value is -4.43. The number of allylic oxidation sites excluding steroid dienone is 1. The lowest BCUT2D eigenvalue weighted by atomic mass is 10.0. The van der Waals surface area contributed by atoms with Gasteiger partial charge in [-0.1, -0.05) is 0 Å². The van der Waals surface area contributed by atoms with Crippen LogP contribution in [0, 0.1) is 36.5 Å². The zero-order chi connectivity index (χ0) is 22.4. The van der Waals surface area contributed by atoms with Gasteiger partial charge in [0, 0.05) is 24.0 Å². The number of rotatable bonds is 6. The molecule has 0 unspecified atom stereocenters. The average Bonchev–Trinajstić information content (AvgIpc) is 2.77. The molecule has 0 saturated carbocycles. The number of nitriles is 2. The van der Waals surface area contributed by atoms with Crippen LogP contribution in [0.5, 0.6) is 0 Å². The molecule has 1 aromatic heterocycles. The minimum Gasteiger partial charge on any atom is -0.335 e. The first-order valence-corrected chi connectivity index (χ1v) is 9.66. The van der Waals surface area contributed by atoms with Crippen LogP contribution in [-0.2, 0) is 6.54 Å². The Balaban J connectivity index is 1.96. The number of nitrogens with one attached hydrogen (secondary N) is 2. The molecule has 3 rings (SSSR count). The van der Waals surface area contributed by atoms with Crippen molar-refractivity contribution in [2.24, 2.45) is 0 Å². The topological polar surface area (TPSA) is 119 Å². The highest BCUT2D eigenvalue weighted by atomic mass is 16.1. The Morgan fingerprint density at radius 2 is 1.77 bits per heavy atom. The predicted octanol–water partition coefficient (Wildman–Crippen LogP) is 4.17. The molecule has 0 spiro atoms. The van der Waals surface area contributed by atoms with E-state index in [1.54, 1.807) is 30.3 Å². The number of benzene rings is 2. The molecule has 2 aromatic carbocycles. The summed E-state index contributed by atoms with van der Waals surface area (Å²) in [5.41, 5.74) is 4.49. The Morgan fingerprint density at radius 3 is 2.35 bits per heavy atom. The van der Waals surface area contributed by atoms with Gasteiger partial charge in [-0.25, -0.2) is 4.68 Å². The summed E-state index contributed by atoms with van der Waals surface area (Å²) in [5, 5.41) is 28.2. The van der Waals surface area contributed by atoms with Crippen LogP contribution in [0.4, 0.5) is 23.1 Å². The van der Waals surface area contributed by atoms with Gasteiger partial charge in [-0.3, -0.25) is 4.79 Å². The van der Waals surface area contributed by atoms with Gasteiger partial charge >= 0.3 is 5.56 Å². The van der Waals surface area contributed by atoms with Gasteiger partial charge in [-0.2, -0.15) is 15.5 Å². The van der Waals surface area contributed by atoms with E-state index in [0.717, 1.165) is 22.4 Å². The van der Waals surface area contributed by atoms with Gasteiger partial charge < -0.3 is 10.6 Å². The minimum absolute atomic E-state index is 0.132. The summed E-state index contributed by atoms with van der Waals surface area (Å²) in [7, 11) is 0. The van der Waals surface area contributed by atoms with Crippen molar-refractivity contribution in [1.29, 1.82) is 10.5 Å². The fourth-order valence-corrected chi connectivity index (χ4v) is 3.11. The van der Waals surface area contributed by atoms with Crippen LogP contribution in [-0.4, -0.2) is 14.8 Å². The normalized spacial score (nSPS) is 10.5. The molecule has 0 fully saturated rings. The van der Waals surface area contributed by atoms with Crippen molar-refractivity contribution in [3.63, 3.8) is 0 Å². The van der Waals surface area contributed by atoms with Crippen LogP contribution in [0.2, 0.25) is 0 Å². The van der Waals surface area contributed by atoms with E-state index in [2.05, 4.69) is 26.8 Å². The molecule has 154 valence electrons. The maximum atomic E-state index is 12.7. The van der Waals surface area contributed by atoms with E-state index in [9.17, 15) is 4.79 Å². The van der Waals surface area contributed by atoms with Crippen molar-refractivity contribution in [3.05, 3.63) is 75.1 Å². The van der Waals surface area contributed by atoms with Gasteiger partial charge in [0.25, 0.3) is 0 Å². The molecule has 31 heavy (non-hydrogen) atoms. The van der Waals surface area contributed by atoms with Gasteiger partial charge in [0.1, 0.15) is 0 Å². The van der Waals surface area contributed by atoms with Crippen LogP contribution >= 0.6 is 0 Å². The van der Waals surface area contributed by atoms with Gasteiger partial charge in [-0.15, -0.1) is 5.10 Å². The van der Waals surface area contributed by atoms with Gasteiger partial charge in [0.15, 0.2) is 0 Å². The van der Waals surface area contributed by atoms with E-state index in [4.69, 9.17) is 10.5 Å². The highest BCUT2D eigenvalue weighted by molar-refractivity contribution is 5.68. The first-order valence-electron chi connectivity index (χ1n) is 9.66. The fourth-order valence-electron chi connectivity index (χ4n) is 3.11. The monoisotopic (exact) mass is 411 g/mol. The quantitative estimate of drug-likeness (QED) is 0.584. The molecule has 3 aromatic rings. The maximum absolute atomic E-state index is 12.7. The molecule has 0 aliphatic carbocycles. The van der Waals surface area contributed by atoms with Crippen LogP contribution in [0.15, 0.2) is 47.3 Å². The molecule has 0 radical (unpaired) electrons. The van der Waals surface area contributed by atoms with E-state index < -0.39 is 0 Å². The highest BCUT2D eigenvalue weighted by Gasteiger charge is 2.12. The summed E-state index contributed by atoms with van der Waals surface area (Å²) in [4.78, 5) is 17.1. The number of anilines is 4. The molecule has 0 bridgehead atoms. The molecule has 8 heteroatoms. The van der Waals surface area contributed by atoms with Crippen LogP contribution in [0.3, 0.4) is 0 Å². The molecule has 0 aliphatic rings. The third-order valence-corrected chi connectivity index (χ3v) is 4.59. The molecular weight excluding hydrogens is 390 g/mol. The minimum atomic E-state index is -0.345. The molecule has 0 saturated heterocycles. The van der Waals surface area contributed by atoms with Gasteiger partial charge in [0.2, 0.25) is 11.8 Å². The zero-order valence-electron chi connectivity index (χ0n) is 17.5. The van der Waals surface area contributed by atoms with Crippen molar-refractivity contribution < 1.29 is 0 Å². The molecular formula is C23H21N7O. The summed E-state index contributed by atoms with van der Waals surface area (Å²) in [6.45, 7) is 6.11. The lowest BCUT2D eigenvalue weighted by Crippen LogP contribution is -2.27. The number of hydrogen-bond donors (Lipinski definition) is 2. The largest absolute Gasteiger partial charge is 0.335 e. The van der Waals surface area contributed by atoms with E-state index in [-0.39, 0.29) is 17.3 Å². The summed E-state index contributed by atoms with van der Waals surface area (Å²) >= 11 is 0. The second kappa shape index (κ2) is 9.38. The van der Waals surface area contributed by atoms with Crippen molar-refractivity contribution >= 4 is 29.2 Å². The lowest BCUT2D eigenvalue weighted by Gasteiger charge is -2.15. The number of aromatic nitrogens is 3. The second-order valence-electron chi connectivity index (χ2n) is 6.84. The van der Waals surface area contributed by atoms with E-state index in [0.29, 0.717) is 17.8 Å². The number of nitrogens with zero attached hydrogens (tertiary/aromatic N) is 5. The third kappa shape index (κ3) is 4.95. The van der Waals surface area contributed by atoms with E-state index >= 15 is 0 Å². The predicted molar refractivity (Wildman–Crippen MR) is 120 cm³/mol. The summed E-state index contributed by atoms with van der Waals surface area (Å²) in [6.07, 6.45) is 3.18. The van der Waals surface area contributed by atoms with E-state index in [1.807, 2.05) is 39.0 Å². The Labute approximate surface area is 180 Å². The van der Waals surface area contributed by atoms with E-state index in [1.165, 1.54) is 10.8 Å². The first-order chi connectivity index (χ1) is 14.9. The summed E-state index contributed by atoms with van der Waals surface area (Å²) in [6, 6.07) is 14.7. The molecule has 8 nitrogen and oxygen atoms in total. The van der Waals surface area contributed by atoms with Crippen molar-refractivity contribution in [2.75, 3.05) is 10.6 Å². The van der Waals surface area contributed by atoms with Crippen LogP contribution in [0.1, 0.15) is 29.2 Å². The smallest absolute Gasteiger partial charge is 0.309 e. The Morgan fingerprint density at radius 1 is 1.10 bits per heavy atom. The van der Waals surface area contributed by atoms with Crippen molar-refractivity contribution in [3.8, 4) is 12.1 Å². The fraction of sp³-hybridized carbons (Fsp3) is 0.174. The summed E-state index contributed by atoms with van der Waals surface area (Å²) < 4.78 is 1.33. The zero-order valence-corrected chi connectivity index (χ0v) is 17.5. The van der Waals surface area contributed by atoms with Gasteiger partial charge in [-0.05, 0) is 79.9 Å². The molecule has 2 N–H and O–H groups in total. The lowest BCUT2D eigenvalue weighted by molar-refractivity contribution is 0.611. The molecule has 0 aliphatic heterocycles. The molecule has 1 heterocycles. The molecule has 0 amide bonds. The van der Waals surface area contributed by atoms with Gasteiger partial charge in [0.05, 0.1) is 17.7 Å². The SMILES string of the molecule is CCn1nc(Nc2c(C)cc(C=CC#N)cc2C)nc(Nc2ccc(C#N)cc2)c1=O. The average molecular weight is 411 g/mol. The summed E-state index contributed by atoms with van der Waals surface area (Å²) in [5.74, 6) is 0.414. The number of aryl methyl sites for hydroxylation is 3. The standard InChI is InChI=1S/C23H21N7O/c1-4-30-22(31)21(26-19-9-7-17(14-25)8-10-19)28-23(29-30)27-20-15(2)12-18(6-5-11-24)13-16(20)3/h5-10,12-13H,4H2,1-3H3,(H2,26,27,28,29). The Bertz CT molecular complexity index is 1250. The number of hydrogen-bond acceptors (Lipinski definition) is 7. The second-order valence-corrected chi connectivity index (χ2v) is 6.84. The molecule has 0 atom stereocenters. The van der Waals surface area contributed by atoms with Crippen LogP contribution in [0.25, 0.3) is 6.08 Å². The van der Waals surface area contributed by atoms with Crippen molar-refractivity contribution in [2.45, 2.75) is 27.3 Å². The van der Waals surface area contributed by atoms with Crippen LogP contribution < -0.4 is 16.2 Å². The highest BCUT2D eigenvalue weighted by Crippen LogP contribution is 2.25. The van der Waals surface area contributed by atoms with Crippen molar-refractivity contribution in [1.82, 2.24) is 14.8 Å². The maximum Gasteiger partial charge on any atom is 0.309 e. The first kappa shape index (κ1) is 21.3. The third-order valence-electron chi connectivity index (χ3n) is 4.59.